The Bertz CT molecular complexity index is 214. The van der Waals surface area contributed by atoms with Crippen molar-refractivity contribution in [3.8, 4) is 0 Å². The molecule has 2 aliphatic rings. The van der Waals surface area contributed by atoms with Crippen LogP contribution in [0.25, 0.3) is 0 Å². The van der Waals surface area contributed by atoms with Crippen LogP contribution in [0.4, 0.5) is 0 Å². The normalized spacial score (nSPS) is 28.8. The monoisotopic (exact) mass is 211 g/mol. The highest BCUT2D eigenvalue weighted by atomic mass is 16.1. The molecule has 1 amide bonds. The van der Waals surface area contributed by atoms with Crippen LogP contribution in [0.1, 0.15) is 25.7 Å². The highest BCUT2D eigenvalue weighted by Crippen LogP contribution is 2.11. The molecule has 1 unspecified atom stereocenters. The maximum atomic E-state index is 11.2. The SMILES string of the molecule is O=C1CCCC(CCN2CCNCC2)N1. The van der Waals surface area contributed by atoms with Crippen LogP contribution in [0.3, 0.4) is 0 Å². The van der Waals surface area contributed by atoms with E-state index in [1.807, 2.05) is 0 Å². The molecule has 0 aromatic rings. The van der Waals surface area contributed by atoms with Gasteiger partial charge in [0.1, 0.15) is 0 Å². The third-order valence-corrected chi connectivity index (χ3v) is 3.32. The van der Waals surface area contributed by atoms with E-state index < -0.39 is 0 Å². The van der Waals surface area contributed by atoms with Crippen LogP contribution in [0.5, 0.6) is 0 Å². The zero-order valence-corrected chi connectivity index (χ0v) is 9.30. The molecule has 0 aromatic heterocycles. The third-order valence-electron chi connectivity index (χ3n) is 3.32. The first-order chi connectivity index (χ1) is 7.34. The third kappa shape index (κ3) is 3.47. The molecule has 2 aliphatic heterocycles. The van der Waals surface area contributed by atoms with E-state index in [1.165, 1.54) is 0 Å². The quantitative estimate of drug-likeness (QED) is 0.688. The molecule has 0 spiro atoms. The predicted octanol–water partition coefficient (Wildman–Crippen LogP) is -0.0496. The van der Waals surface area contributed by atoms with Gasteiger partial charge in [-0.1, -0.05) is 0 Å². The second-order valence-electron chi connectivity index (χ2n) is 4.54. The van der Waals surface area contributed by atoms with E-state index in [2.05, 4.69) is 15.5 Å². The van der Waals surface area contributed by atoms with Gasteiger partial charge in [0.15, 0.2) is 0 Å². The zero-order valence-electron chi connectivity index (χ0n) is 9.30. The maximum Gasteiger partial charge on any atom is 0.220 e. The molecule has 0 saturated carbocycles. The first-order valence-electron chi connectivity index (χ1n) is 6.07. The van der Waals surface area contributed by atoms with E-state index in [-0.39, 0.29) is 5.91 Å². The summed E-state index contributed by atoms with van der Waals surface area (Å²) >= 11 is 0. The lowest BCUT2D eigenvalue weighted by atomic mass is 10.0. The summed E-state index contributed by atoms with van der Waals surface area (Å²) in [6.45, 7) is 5.65. The van der Waals surface area contributed by atoms with Crippen molar-refractivity contribution in [2.24, 2.45) is 0 Å². The van der Waals surface area contributed by atoms with Crippen LogP contribution in [0.15, 0.2) is 0 Å². The number of hydrogen-bond acceptors (Lipinski definition) is 3. The maximum absolute atomic E-state index is 11.2. The first kappa shape index (κ1) is 10.9. The summed E-state index contributed by atoms with van der Waals surface area (Å²) in [5, 5.41) is 6.42. The van der Waals surface area contributed by atoms with Gasteiger partial charge in [0.05, 0.1) is 0 Å². The minimum atomic E-state index is 0.242. The average molecular weight is 211 g/mol. The molecule has 4 heteroatoms. The number of carbonyl (C=O) groups is 1. The number of hydrogen-bond donors (Lipinski definition) is 2. The molecule has 86 valence electrons. The summed E-state index contributed by atoms with van der Waals surface area (Å²) in [5.74, 6) is 0.242. The zero-order chi connectivity index (χ0) is 10.5. The molecule has 15 heavy (non-hydrogen) atoms. The van der Waals surface area contributed by atoms with E-state index in [1.54, 1.807) is 0 Å². The number of nitrogens with one attached hydrogen (secondary N) is 2. The summed E-state index contributed by atoms with van der Waals surface area (Å²) in [5.41, 5.74) is 0. The fourth-order valence-corrected chi connectivity index (χ4v) is 2.37. The summed E-state index contributed by atoms with van der Waals surface area (Å²) in [4.78, 5) is 13.7. The van der Waals surface area contributed by atoms with Crippen molar-refractivity contribution in [2.75, 3.05) is 32.7 Å². The van der Waals surface area contributed by atoms with Gasteiger partial charge < -0.3 is 15.5 Å². The van der Waals surface area contributed by atoms with Crippen LogP contribution in [-0.4, -0.2) is 49.6 Å². The second kappa shape index (κ2) is 5.47. The molecule has 2 rings (SSSR count). The van der Waals surface area contributed by atoms with Crippen LogP contribution >= 0.6 is 0 Å². The number of carbonyl (C=O) groups excluding carboxylic acids is 1. The van der Waals surface area contributed by atoms with Gasteiger partial charge in [0.25, 0.3) is 0 Å². The first-order valence-corrected chi connectivity index (χ1v) is 6.07. The van der Waals surface area contributed by atoms with Gasteiger partial charge in [-0.05, 0) is 19.3 Å². The van der Waals surface area contributed by atoms with Gasteiger partial charge in [-0.3, -0.25) is 4.79 Å². The van der Waals surface area contributed by atoms with E-state index in [4.69, 9.17) is 0 Å². The van der Waals surface area contributed by atoms with Gasteiger partial charge >= 0.3 is 0 Å². The minimum Gasteiger partial charge on any atom is -0.353 e. The Morgan fingerprint density at radius 2 is 2.13 bits per heavy atom. The molecule has 2 heterocycles. The van der Waals surface area contributed by atoms with Crippen LogP contribution in [0, 0.1) is 0 Å². The Labute approximate surface area is 91.4 Å². The van der Waals surface area contributed by atoms with E-state index >= 15 is 0 Å². The lowest BCUT2D eigenvalue weighted by Crippen LogP contribution is -2.46. The number of piperidine rings is 1. The van der Waals surface area contributed by atoms with Gasteiger partial charge in [0.2, 0.25) is 5.91 Å². The molecule has 2 N–H and O–H groups in total. The molecule has 0 aromatic carbocycles. The Balaban J connectivity index is 1.65. The Hall–Kier alpha value is -0.610. The van der Waals surface area contributed by atoms with Crippen molar-refractivity contribution in [3.63, 3.8) is 0 Å². The largest absolute Gasteiger partial charge is 0.353 e. The molecule has 1 atom stereocenters. The molecule has 0 bridgehead atoms. The molecule has 0 radical (unpaired) electrons. The Morgan fingerprint density at radius 1 is 1.33 bits per heavy atom. The number of nitrogens with zero attached hydrogens (tertiary/aromatic N) is 1. The fraction of sp³-hybridized carbons (Fsp3) is 0.909. The van der Waals surface area contributed by atoms with Crippen molar-refractivity contribution in [1.29, 1.82) is 0 Å². The molecule has 4 nitrogen and oxygen atoms in total. The Kier molecular flexibility index (Phi) is 3.97. The minimum absolute atomic E-state index is 0.242. The molecule has 0 aliphatic carbocycles. The Morgan fingerprint density at radius 3 is 2.87 bits per heavy atom. The lowest BCUT2D eigenvalue weighted by Gasteiger charge is -2.30. The van der Waals surface area contributed by atoms with Crippen molar-refractivity contribution in [1.82, 2.24) is 15.5 Å². The topological polar surface area (TPSA) is 44.4 Å². The van der Waals surface area contributed by atoms with E-state index in [0.29, 0.717) is 6.04 Å². The molecular formula is C11H21N3O. The van der Waals surface area contributed by atoms with Gasteiger partial charge in [-0.25, -0.2) is 0 Å². The van der Waals surface area contributed by atoms with Crippen LogP contribution in [-0.2, 0) is 4.79 Å². The smallest absolute Gasteiger partial charge is 0.220 e. The van der Waals surface area contributed by atoms with Gasteiger partial charge in [-0.15, -0.1) is 0 Å². The number of piperazine rings is 1. The average Bonchev–Trinajstić information content (AvgIpc) is 2.28. The predicted molar refractivity (Wildman–Crippen MR) is 59.7 cm³/mol. The van der Waals surface area contributed by atoms with E-state index in [9.17, 15) is 4.79 Å². The van der Waals surface area contributed by atoms with Gasteiger partial charge in [-0.2, -0.15) is 0 Å². The van der Waals surface area contributed by atoms with Crippen molar-refractivity contribution >= 4 is 5.91 Å². The van der Waals surface area contributed by atoms with Gasteiger partial charge in [0, 0.05) is 45.2 Å². The summed E-state index contributed by atoms with van der Waals surface area (Å²) in [6.07, 6.45) is 4.08. The number of rotatable bonds is 3. The summed E-state index contributed by atoms with van der Waals surface area (Å²) < 4.78 is 0. The summed E-state index contributed by atoms with van der Waals surface area (Å²) in [7, 11) is 0. The fourth-order valence-electron chi connectivity index (χ4n) is 2.37. The summed E-state index contributed by atoms with van der Waals surface area (Å²) in [6, 6.07) is 0.432. The van der Waals surface area contributed by atoms with Crippen molar-refractivity contribution < 1.29 is 4.79 Å². The number of amides is 1. The van der Waals surface area contributed by atoms with Crippen LogP contribution < -0.4 is 10.6 Å². The molecule has 2 fully saturated rings. The lowest BCUT2D eigenvalue weighted by molar-refractivity contribution is -0.123. The molecule has 2 saturated heterocycles. The highest BCUT2D eigenvalue weighted by molar-refractivity contribution is 5.76. The van der Waals surface area contributed by atoms with Crippen molar-refractivity contribution in [3.05, 3.63) is 0 Å². The van der Waals surface area contributed by atoms with E-state index in [0.717, 1.165) is 58.4 Å². The van der Waals surface area contributed by atoms with Crippen LogP contribution in [0.2, 0.25) is 0 Å². The molecular weight excluding hydrogens is 190 g/mol. The van der Waals surface area contributed by atoms with Crippen molar-refractivity contribution in [2.45, 2.75) is 31.7 Å². The second-order valence-corrected chi connectivity index (χ2v) is 4.54. The standard InChI is InChI=1S/C11H21N3O/c15-11-3-1-2-10(13-11)4-7-14-8-5-12-6-9-14/h10,12H,1-9H2,(H,13,15). The highest BCUT2D eigenvalue weighted by Gasteiger charge is 2.19.